The first kappa shape index (κ1) is 17.1. The van der Waals surface area contributed by atoms with Crippen molar-refractivity contribution in [2.45, 2.75) is 47.2 Å². The number of aromatic nitrogens is 1. The van der Waals surface area contributed by atoms with Gasteiger partial charge in [-0.15, -0.1) is 0 Å². The average Bonchev–Trinajstić information content (AvgIpc) is 2.92. The zero-order valence-electron chi connectivity index (χ0n) is 14.5. The smallest absolute Gasteiger partial charge is 0.317 e. The van der Waals surface area contributed by atoms with E-state index < -0.39 is 0 Å². The molecule has 1 aromatic carbocycles. The topological polar surface area (TPSA) is 58.4 Å². The Morgan fingerprint density at radius 3 is 2.65 bits per heavy atom. The molecule has 124 valence electrons. The number of nitrogens with one attached hydrogen (secondary N) is 1. The molecule has 2 amide bonds. The van der Waals surface area contributed by atoms with Gasteiger partial charge < -0.3 is 14.7 Å². The second-order valence-electron chi connectivity index (χ2n) is 6.12. The van der Waals surface area contributed by atoms with Crippen molar-refractivity contribution in [1.82, 2.24) is 15.4 Å². The second kappa shape index (κ2) is 7.31. The van der Waals surface area contributed by atoms with Gasteiger partial charge in [0.2, 0.25) is 0 Å². The van der Waals surface area contributed by atoms with Crippen LogP contribution in [0, 0.1) is 13.8 Å². The molecule has 0 saturated heterocycles. The molecule has 1 heterocycles. The number of hydrogen-bond donors (Lipinski definition) is 1. The molecule has 1 N–H and O–H groups in total. The van der Waals surface area contributed by atoms with Gasteiger partial charge in [0.05, 0.1) is 6.54 Å². The normalized spacial score (nSPS) is 10.9. The lowest BCUT2D eigenvalue weighted by Gasteiger charge is -2.21. The Morgan fingerprint density at radius 1 is 1.30 bits per heavy atom. The summed E-state index contributed by atoms with van der Waals surface area (Å²) in [5.74, 6) is 0.734. The van der Waals surface area contributed by atoms with Crippen LogP contribution in [-0.2, 0) is 6.54 Å². The SMILES string of the molecule is CCN(Cc1cc(-c2ccc(C)cc2C)on1)C(=O)NC(C)C. The van der Waals surface area contributed by atoms with Crippen LogP contribution < -0.4 is 5.32 Å². The molecule has 5 heteroatoms. The van der Waals surface area contributed by atoms with Gasteiger partial charge >= 0.3 is 6.03 Å². The van der Waals surface area contributed by atoms with Gasteiger partial charge in [0, 0.05) is 24.2 Å². The Hall–Kier alpha value is -2.30. The van der Waals surface area contributed by atoms with Crippen LogP contribution in [0.1, 0.15) is 37.6 Å². The van der Waals surface area contributed by atoms with Crippen LogP contribution in [0.15, 0.2) is 28.8 Å². The maximum atomic E-state index is 12.1. The van der Waals surface area contributed by atoms with E-state index in [9.17, 15) is 4.79 Å². The minimum atomic E-state index is -0.0847. The maximum absolute atomic E-state index is 12.1. The van der Waals surface area contributed by atoms with Crippen LogP contribution >= 0.6 is 0 Å². The number of amides is 2. The fourth-order valence-electron chi connectivity index (χ4n) is 2.46. The van der Waals surface area contributed by atoms with Crippen molar-refractivity contribution < 1.29 is 9.32 Å². The van der Waals surface area contributed by atoms with Crippen molar-refractivity contribution >= 4 is 6.03 Å². The number of nitrogens with zero attached hydrogens (tertiary/aromatic N) is 2. The Balaban J connectivity index is 2.13. The molecule has 2 aromatic rings. The number of urea groups is 1. The van der Waals surface area contributed by atoms with Crippen LogP contribution in [0.5, 0.6) is 0 Å². The molecule has 0 aliphatic carbocycles. The monoisotopic (exact) mass is 315 g/mol. The van der Waals surface area contributed by atoms with E-state index in [1.807, 2.05) is 32.9 Å². The predicted octanol–water partition coefficient (Wildman–Crippen LogP) is 3.90. The van der Waals surface area contributed by atoms with Crippen molar-refractivity contribution in [3.8, 4) is 11.3 Å². The fraction of sp³-hybridized carbons (Fsp3) is 0.444. The second-order valence-corrected chi connectivity index (χ2v) is 6.12. The number of aryl methyl sites for hydroxylation is 2. The molecule has 0 spiro atoms. The third-order valence-corrected chi connectivity index (χ3v) is 3.64. The number of carbonyl (C=O) groups is 1. The van der Waals surface area contributed by atoms with Crippen molar-refractivity contribution in [1.29, 1.82) is 0 Å². The Labute approximate surface area is 137 Å². The molecule has 0 aliphatic rings. The van der Waals surface area contributed by atoms with E-state index in [1.54, 1.807) is 4.90 Å². The van der Waals surface area contributed by atoms with E-state index in [4.69, 9.17) is 4.52 Å². The number of hydrogen-bond acceptors (Lipinski definition) is 3. The van der Waals surface area contributed by atoms with Crippen molar-refractivity contribution in [3.63, 3.8) is 0 Å². The van der Waals surface area contributed by atoms with E-state index in [0.717, 1.165) is 22.6 Å². The summed E-state index contributed by atoms with van der Waals surface area (Å²) in [5, 5.41) is 7.01. The van der Waals surface area contributed by atoms with Crippen molar-refractivity contribution in [2.24, 2.45) is 0 Å². The molecule has 5 nitrogen and oxygen atoms in total. The summed E-state index contributed by atoms with van der Waals surface area (Å²) in [6, 6.07) is 8.14. The molecule has 0 saturated carbocycles. The van der Waals surface area contributed by atoms with Gasteiger partial charge in [-0.1, -0.05) is 28.9 Å². The Bertz CT molecular complexity index is 677. The summed E-state index contributed by atoms with van der Waals surface area (Å²) >= 11 is 0. The van der Waals surface area contributed by atoms with E-state index in [2.05, 4.69) is 36.5 Å². The van der Waals surface area contributed by atoms with Gasteiger partial charge in [0.25, 0.3) is 0 Å². The number of rotatable bonds is 5. The summed E-state index contributed by atoms with van der Waals surface area (Å²) in [6.07, 6.45) is 0. The minimum Gasteiger partial charge on any atom is -0.356 e. The van der Waals surface area contributed by atoms with Crippen LogP contribution in [-0.4, -0.2) is 28.7 Å². The third kappa shape index (κ3) is 4.34. The van der Waals surface area contributed by atoms with Gasteiger partial charge in [-0.3, -0.25) is 0 Å². The lowest BCUT2D eigenvalue weighted by Crippen LogP contribution is -2.42. The van der Waals surface area contributed by atoms with Crippen molar-refractivity contribution in [3.05, 3.63) is 41.1 Å². The summed E-state index contributed by atoms with van der Waals surface area (Å²) in [6.45, 7) is 11.0. The fourth-order valence-corrected chi connectivity index (χ4v) is 2.46. The largest absolute Gasteiger partial charge is 0.356 e. The standard InChI is InChI=1S/C18H25N3O2/c1-6-21(18(22)19-12(2)3)11-15-10-17(23-20-15)16-8-7-13(4)9-14(16)5/h7-10,12H,6,11H2,1-5H3,(H,19,22). The highest BCUT2D eigenvalue weighted by molar-refractivity contribution is 5.74. The highest BCUT2D eigenvalue weighted by Crippen LogP contribution is 2.25. The Kier molecular flexibility index (Phi) is 5.42. The zero-order valence-corrected chi connectivity index (χ0v) is 14.5. The molecule has 0 radical (unpaired) electrons. The molecule has 0 fully saturated rings. The third-order valence-electron chi connectivity index (χ3n) is 3.64. The quantitative estimate of drug-likeness (QED) is 0.910. The average molecular weight is 315 g/mol. The molecule has 0 atom stereocenters. The first-order valence-corrected chi connectivity index (χ1v) is 7.99. The molecule has 0 bridgehead atoms. The highest BCUT2D eigenvalue weighted by atomic mass is 16.5. The molecular weight excluding hydrogens is 290 g/mol. The van der Waals surface area contributed by atoms with Crippen LogP contribution in [0.3, 0.4) is 0 Å². The molecule has 1 aromatic heterocycles. The zero-order chi connectivity index (χ0) is 17.0. The van der Waals surface area contributed by atoms with Gasteiger partial charge in [0.1, 0.15) is 5.69 Å². The van der Waals surface area contributed by atoms with E-state index in [-0.39, 0.29) is 12.1 Å². The molecular formula is C18H25N3O2. The molecule has 23 heavy (non-hydrogen) atoms. The first-order valence-electron chi connectivity index (χ1n) is 7.99. The lowest BCUT2D eigenvalue weighted by molar-refractivity contribution is 0.194. The van der Waals surface area contributed by atoms with Crippen LogP contribution in [0.4, 0.5) is 4.79 Å². The van der Waals surface area contributed by atoms with E-state index >= 15 is 0 Å². The first-order chi connectivity index (χ1) is 10.9. The van der Waals surface area contributed by atoms with E-state index in [0.29, 0.717) is 13.1 Å². The van der Waals surface area contributed by atoms with Gasteiger partial charge in [-0.2, -0.15) is 0 Å². The summed E-state index contributed by atoms with van der Waals surface area (Å²) in [5.41, 5.74) is 4.15. The van der Waals surface area contributed by atoms with Gasteiger partial charge in [-0.25, -0.2) is 4.79 Å². The summed E-state index contributed by atoms with van der Waals surface area (Å²) < 4.78 is 5.47. The number of carbonyl (C=O) groups excluding carboxylic acids is 1. The molecule has 0 unspecified atom stereocenters. The molecule has 0 aliphatic heterocycles. The minimum absolute atomic E-state index is 0.0847. The predicted molar refractivity (Wildman–Crippen MR) is 91.2 cm³/mol. The number of benzene rings is 1. The summed E-state index contributed by atoms with van der Waals surface area (Å²) in [7, 11) is 0. The van der Waals surface area contributed by atoms with E-state index in [1.165, 1.54) is 5.56 Å². The van der Waals surface area contributed by atoms with Crippen LogP contribution in [0.2, 0.25) is 0 Å². The molecule has 2 rings (SSSR count). The van der Waals surface area contributed by atoms with Gasteiger partial charge in [-0.05, 0) is 40.2 Å². The Morgan fingerprint density at radius 2 is 2.04 bits per heavy atom. The van der Waals surface area contributed by atoms with Gasteiger partial charge in [0.15, 0.2) is 5.76 Å². The summed E-state index contributed by atoms with van der Waals surface area (Å²) in [4.78, 5) is 13.8. The maximum Gasteiger partial charge on any atom is 0.317 e. The highest BCUT2D eigenvalue weighted by Gasteiger charge is 2.16. The van der Waals surface area contributed by atoms with Crippen molar-refractivity contribution in [2.75, 3.05) is 6.54 Å². The van der Waals surface area contributed by atoms with Crippen LogP contribution in [0.25, 0.3) is 11.3 Å². The lowest BCUT2D eigenvalue weighted by atomic mass is 10.0.